The first-order chi connectivity index (χ1) is 8.85. The largest absolute Gasteiger partial charge is 0.370 e. The number of hydrogen-bond acceptors (Lipinski definition) is 3. The van der Waals surface area contributed by atoms with Crippen LogP contribution in [-0.4, -0.2) is 42.0 Å². The summed E-state index contributed by atoms with van der Waals surface area (Å²) in [7, 11) is 0. The predicted molar refractivity (Wildman–Crippen MR) is 76.6 cm³/mol. The molecule has 1 unspecified atom stereocenters. The van der Waals surface area contributed by atoms with Crippen LogP contribution in [0.3, 0.4) is 0 Å². The minimum absolute atomic E-state index is 0.175. The molecule has 0 radical (unpaired) electrons. The van der Waals surface area contributed by atoms with Crippen molar-refractivity contribution in [3.8, 4) is 0 Å². The SMILES string of the molecule is Cc1ccc(C(=O)CN2CC(C)OC(C)(C)C2)cc1. The van der Waals surface area contributed by atoms with Gasteiger partial charge in [0.2, 0.25) is 0 Å². The van der Waals surface area contributed by atoms with E-state index in [-0.39, 0.29) is 17.5 Å². The first kappa shape index (κ1) is 14.2. The summed E-state index contributed by atoms with van der Waals surface area (Å²) in [5, 5.41) is 0. The molecule has 1 aromatic carbocycles. The van der Waals surface area contributed by atoms with Gasteiger partial charge in [-0.2, -0.15) is 0 Å². The highest BCUT2D eigenvalue weighted by Crippen LogP contribution is 2.20. The van der Waals surface area contributed by atoms with Gasteiger partial charge in [0.25, 0.3) is 0 Å². The van der Waals surface area contributed by atoms with Gasteiger partial charge >= 0.3 is 0 Å². The van der Waals surface area contributed by atoms with Crippen molar-refractivity contribution >= 4 is 5.78 Å². The van der Waals surface area contributed by atoms with Crippen molar-refractivity contribution in [2.45, 2.75) is 39.4 Å². The molecule has 0 N–H and O–H groups in total. The standard InChI is InChI=1S/C16H23NO2/c1-12-5-7-14(8-6-12)15(18)10-17-9-13(2)19-16(3,4)11-17/h5-8,13H,9-11H2,1-4H3. The number of nitrogens with zero attached hydrogens (tertiary/aromatic N) is 1. The second-order valence-electron chi connectivity index (χ2n) is 6.15. The normalized spacial score (nSPS) is 23.3. The van der Waals surface area contributed by atoms with E-state index in [2.05, 4.69) is 25.7 Å². The molecule has 19 heavy (non-hydrogen) atoms. The maximum Gasteiger partial charge on any atom is 0.176 e. The number of benzene rings is 1. The highest BCUT2D eigenvalue weighted by molar-refractivity contribution is 5.97. The molecule has 1 aliphatic heterocycles. The average Bonchev–Trinajstić information content (AvgIpc) is 2.26. The van der Waals surface area contributed by atoms with Gasteiger partial charge in [-0.25, -0.2) is 0 Å². The van der Waals surface area contributed by atoms with E-state index in [0.29, 0.717) is 6.54 Å². The number of ketones is 1. The Kier molecular flexibility index (Phi) is 4.07. The molecule has 1 aliphatic rings. The van der Waals surface area contributed by atoms with Crippen molar-refractivity contribution < 1.29 is 9.53 Å². The Balaban J connectivity index is 2.00. The maximum atomic E-state index is 12.3. The van der Waals surface area contributed by atoms with E-state index in [1.807, 2.05) is 31.2 Å². The molecule has 1 saturated heterocycles. The first-order valence-corrected chi connectivity index (χ1v) is 6.86. The number of carbonyl (C=O) groups excluding carboxylic acids is 1. The summed E-state index contributed by atoms with van der Waals surface area (Å²) >= 11 is 0. The fourth-order valence-electron chi connectivity index (χ4n) is 2.74. The zero-order valence-corrected chi connectivity index (χ0v) is 12.3. The third-order valence-electron chi connectivity index (χ3n) is 3.38. The maximum absolute atomic E-state index is 12.3. The second-order valence-corrected chi connectivity index (χ2v) is 6.15. The van der Waals surface area contributed by atoms with E-state index in [9.17, 15) is 4.79 Å². The molecule has 1 fully saturated rings. The van der Waals surface area contributed by atoms with Gasteiger partial charge in [-0.1, -0.05) is 29.8 Å². The van der Waals surface area contributed by atoms with Gasteiger partial charge in [0.05, 0.1) is 18.2 Å². The van der Waals surface area contributed by atoms with E-state index in [1.165, 1.54) is 5.56 Å². The number of hydrogen-bond donors (Lipinski definition) is 0. The fraction of sp³-hybridized carbons (Fsp3) is 0.562. The number of morpholine rings is 1. The molecule has 3 nitrogen and oxygen atoms in total. The molecule has 0 amide bonds. The van der Waals surface area contributed by atoms with Gasteiger partial charge < -0.3 is 4.74 Å². The predicted octanol–water partition coefficient (Wildman–Crippen LogP) is 2.68. The lowest BCUT2D eigenvalue weighted by Gasteiger charge is -2.41. The molecule has 1 aromatic rings. The molecule has 0 saturated carbocycles. The summed E-state index contributed by atoms with van der Waals surface area (Å²) in [5.74, 6) is 0.185. The summed E-state index contributed by atoms with van der Waals surface area (Å²) in [4.78, 5) is 14.5. The average molecular weight is 261 g/mol. The van der Waals surface area contributed by atoms with Crippen LogP contribution in [0.4, 0.5) is 0 Å². The number of carbonyl (C=O) groups is 1. The van der Waals surface area contributed by atoms with Gasteiger partial charge in [0.15, 0.2) is 5.78 Å². The molecule has 1 heterocycles. The third-order valence-corrected chi connectivity index (χ3v) is 3.38. The van der Waals surface area contributed by atoms with Crippen molar-refractivity contribution in [1.82, 2.24) is 4.90 Å². The summed E-state index contributed by atoms with van der Waals surface area (Å²) < 4.78 is 5.85. The molecular weight excluding hydrogens is 238 g/mol. The lowest BCUT2D eigenvalue weighted by molar-refractivity contribution is -0.126. The van der Waals surface area contributed by atoms with Gasteiger partial charge in [-0.05, 0) is 27.7 Å². The minimum atomic E-state index is -0.175. The van der Waals surface area contributed by atoms with Crippen LogP contribution >= 0.6 is 0 Å². The Bertz CT molecular complexity index is 450. The van der Waals surface area contributed by atoms with Crippen molar-refractivity contribution in [3.63, 3.8) is 0 Å². The van der Waals surface area contributed by atoms with Crippen molar-refractivity contribution in [2.75, 3.05) is 19.6 Å². The Morgan fingerprint density at radius 3 is 2.58 bits per heavy atom. The molecular formula is C16H23NO2. The number of Topliss-reactive ketones (excluding diaryl/α,β-unsaturated/α-hetero) is 1. The first-order valence-electron chi connectivity index (χ1n) is 6.86. The van der Waals surface area contributed by atoms with Crippen LogP contribution in [0.25, 0.3) is 0 Å². The van der Waals surface area contributed by atoms with Crippen LogP contribution in [0.2, 0.25) is 0 Å². The van der Waals surface area contributed by atoms with Crippen LogP contribution in [0.5, 0.6) is 0 Å². The zero-order valence-electron chi connectivity index (χ0n) is 12.3. The minimum Gasteiger partial charge on any atom is -0.370 e. The molecule has 104 valence electrons. The molecule has 1 atom stereocenters. The second kappa shape index (κ2) is 5.43. The topological polar surface area (TPSA) is 29.5 Å². The van der Waals surface area contributed by atoms with Crippen LogP contribution < -0.4 is 0 Å². The lowest BCUT2D eigenvalue weighted by atomic mass is 10.0. The van der Waals surface area contributed by atoms with Crippen LogP contribution in [0, 0.1) is 6.92 Å². The van der Waals surface area contributed by atoms with E-state index in [4.69, 9.17) is 4.74 Å². The Morgan fingerprint density at radius 2 is 2.00 bits per heavy atom. The van der Waals surface area contributed by atoms with E-state index in [0.717, 1.165) is 18.7 Å². The van der Waals surface area contributed by atoms with Crippen LogP contribution in [0.1, 0.15) is 36.7 Å². The molecule has 0 bridgehead atoms. The monoisotopic (exact) mass is 261 g/mol. The summed E-state index contributed by atoms with van der Waals surface area (Å²) in [6.45, 7) is 10.3. The van der Waals surface area contributed by atoms with Gasteiger partial charge in [0.1, 0.15) is 0 Å². The van der Waals surface area contributed by atoms with Crippen LogP contribution in [-0.2, 0) is 4.74 Å². The highest BCUT2D eigenvalue weighted by atomic mass is 16.5. The number of rotatable bonds is 3. The number of aryl methyl sites for hydroxylation is 1. The fourth-order valence-corrected chi connectivity index (χ4v) is 2.74. The van der Waals surface area contributed by atoms with Gasteiger partial charge in [-0.15, -0.1) is 0 Å². The molecule has 0 aromatic heterocycles. The van der Waals surface area contributed by atoms with Crippen molar-refractivity contribution in [3.05, 3.63) is 35.4 Å². The summed E-state index contributed by atoms with van der Waals surface area (Å²) in [6.07, 6.45) is 0.176. The summed E-state index contributed by atoms with van der Waals surface area (Å²) in [6, 6.07) is 7.79. The Morgan fingerprint density at radius 1 is 1.37 bits per heavy atom. The quantitative estimate of drug-likeness (QED) is 0.783. The van der Waals surface area contributed by atoms with E-state index in [1.54, 1.807) is 0 Å². The van der Waals surface area contributed by atoms with Crippen molar-refractivity contribution in [1.29, 1.82) is 0 Å². The molecule has 0 spiro atoms. The van der Waals surface area contributed by atoms with Crippen molar-refractivity contribution in [2.24, 2.45) is 0 Å². The zero-order chi connectivity index (χ0) is 14.0. The van der Waals surface area contributed by atoms with Gasteiger partial charge in [-0.3, -0.25) is 9.69 Å². The van der Waals surface area contributed by atoms with Crippen LogP contribution in [0.15, 0.2) is 24.3 Å². The third kappa shape index (κ3) is 3.88. The lowest BCUT2D eigenvalue weighted by Crippen LogP contribution is -2.53. The Labute approximate surface area is 115 Å². The van der Waals surface area contributed by atoms with Gasteiger partial charge in [0, 0.05) is 18.7 Å². The molecule has 0 aliphatic carbocycles. The number of ether oxygens (including phenoxy) is 1. The summed E-state index contributed by atoms with van der Waals surface area (Å²) in [5.41, 5.74) is 1.80. The molecule has 2 rings (SSSR count). The van der Waals surface area contributed by atoms with E-state index < -0.39 is 0 Å². The highest BCUT2D eigenvalue weighted by Gasteiger charge is 2.32. The smallest absolute Gasteiger partial charge is 0.176 e. The Hall–Kier alpha value is -1.19. The molecule has 3 heteroatoms. The van der Waals surface area contributed by atoms with E-state index >= 15 is 0 Å².